The zero-order chi connectivity index (χ0) is 11.5. The van der Waals surface area contributed by atoms with Crippen LogP contribution in [0.3, 0.4) is 0 Å². The molecular formula is C12H11N3Se. The van der Waals surface area contributed by atoms with Crippen molar-refractivity contribution in [1.29, 1.82) is 5.26 Å². The van der Waals surface area contributed by atoms with Gasteiger partial charge in [0.05, 0.1) is 0 Å². The molecule has 1 heterocycles. The molecule has 0 radical (unpaired) electrons. The number of nitriles is 1. The van der Waals surface area contributed by atoms with Crippen molar-refractivity contribution in [1.82, 2.24) is 4.98 Å². The molecule has 16 heavy (non-hydrogen) atoms. The summed E-state index contributed by atoms with van der Waals surface area (Å²) in [6.45, 7) is 0. The van der Waals surface area contributed by atoms with E-state index in [9.17, 15) is 0 Å². The average Bonchev–Trinajstić information content (AvgIpc) is 2.78. The molecule has 0 atom stereocenters. The monoisotopic (exact) mass is 277 g/mol. The van der Waals surface area contributed by atoms with Crippen molar-refractivity contribution in [3.8, 4) is 17.3 Å². The molecular weight excluding hydrogens is 265 g/mol. The summed E-state index contributed by atoms with van der Waals surface area (Å²) in [5, 5.41) is 8.71. The fourth-order valence-corrected chi connectivity index (χ4v) is 2.93. The van der Waals surface area contributed by atoms with Crippen molar-refractivity contribution in [2.45, 2.75) is 0 Å². The van der Waals surface area contributed by atoms with Crippen LogP contribution in [0, 0.1) is 11.3 Å². The van der Waals surface area contributed by atoms with E-state index < -0.39 is 0 Å². The molecule has 0 amide bonds. The molecule has 0 spiro atoms. The number of aromatic nitrogens is 1. The third kappa shape index (κ3) is 2.16. The van der Waals surface area contributed by atoms with Crippen molar-refractivity contribution in [3.05, 3.63) is 34.8 Å². The van der Waals surface area contributed by atoms with Gasteiger partial charge in [-0.3, -0.25) is 0 Å². The Labute approximate surface area is 101 Å². The zero-order valence-corrected chi connectivity index (χ0v) is 10.8. The van der Waals surface area contributed by atoms with Crippen LogP contribution in [0.2, 0.25) is 0 Å². The van der Waals surface area contributed by atoms with E-state index in [0.717, 1.165) is 15.9 Å². The van der Waals surface area contributed by atoms with Crippen LogP contribution in [0.1, 0.15) is 5.56 Å². The van der Waals surface area contributed by atoms with Crippen molar-refractivity contribution < 1.29 is 0 Å². The average molecular weight is 276 g/mol. The van der Waals surface area contributed by atoms with Gasteiger partial charge in [-0.25, -0.2) is 0 Å². The number of anilines is 1. The Hall–Kier alpha value is -1.56. The zero-order valence-electron chi connectivity index (χ0n) is 9.14. The van der Waals surface area contributed by atoms with Gasteiger partial charge in [0, 0.05) is 0 Å². The molecule has 0 aliphatic heterocycles. The van der Waals surface area contributed by atoms with Crippen molar-refractivity contribution >= 4 is 19.2 Å². The Kier molecular flexibility index (Phi) is 3.09. The quantitative estimate of drug-likeness (QED) is 0.784. The minimum absolute atomic E-state index is 0.326. The molecule has 2 aromatic rings. The molecule has 0 N–H and O–H groups in total. The first-order valence-corrected chi connectivity index (χ1v) is 6.68. The van der Waals surface area contributed by atoms with Gasteiger partial charge in [0.1, 0.15) is 0 Å². The van der Waals surface area contributed by atoms with Crippen LogP contribution in [0.4, 0.5) is 4.69 Å². The molecule has 0 aliphatic rings. The molecule has 0 aliphatic carbocycles. The van der Waals surface area contributed by atoms with E-state index >= 15 is 0 Å². The Bertz CT molecular complexity index is 520. The summed E-state index contributed by atoms with van der Waals surface area (Å²) in [5.41, 5.74) is 2.79. The van der Waals surface area contributed by atoms with Crippen LogP contribution in [-0.4, -0.2) is 33.6 Å². The molecule has 0 fully saturated rings. The fraction of sp³-hybridized carbons (Fsp3) is 0.167. The number of nitrogens with zero attached hydrogens (tertiary/aromatic N) is 3. The summed E-state index contributed by atoms with van der Waals surface area (Å²) in [4.78, 5) is 8.78. The Morgan fingerprint density at radius 1 is 1.25 bits per heavy atom. The second-order valence-electron chi connectivity index (χ2n) is 3.60. The molecule has 1 aromatic carbocycles. The van der Waals surface area contributed by atoms with Crippen LogP contribution in [0.15, 0.2) is 29.2 Å². The Morgan fingerprint density at radius 3 is 2.44 bits per heavy atom. The second-order valence-corrected chi connectivity index (χ2v) is 5.35. The number of hydrogen-bond donors (Lipinski definition) is 0. The van der Waals surface area contributed by atoms with Gasteiger partial charge >= 0.3 is 101 Å². The van der Waals surface area contributed by atoms with Gasteiger partial charge in [-0.1, -0.05) is 0 Å². The summed E-state index contributed by atoms with van der Waals surface area (Å²) < 4.78 is 1.13. The molecule has 80 valence electrons. The molecule has 0 bridgehead atoms. The normalized spacial score (nSPS) is 9.81. The fourth-order valence-electron chi connectivity index (χ4n) is 1.32. The van der Waals surface area contributed by atoms with E-state index in [1.165, 1.54) is 0 Å². The van der Waals surface area contributed by atoms with Crippen molar-refractivity contribution in [2.75, 3.05) is 19.0 Å². The van der Waals surface area contributed by atoms with E-state index in [1.54, 1.807) is 0 Å². The van der Waals surface area contributed by atoms with Gasteiger partial charge in [0.2, 0.25) is 0 Å². The van der Waals surface area contributed by atoms with Crippen molar-refractivity contribution in [3.63, 3.8) is 0 Å². The summed E-state index contributed by atoms with van der Waals surface area (Å²) in [7, 11) is 4.02. The third-order valence-electron chi connectivity index (χ3n) is 2.18. The predicted octanol–water partition coefficient (Wildman–Crippen LogP) is 1.74. The summed E-state index contributed by atoms with van der Waals surface area (Å²) in [6, 6.07) is 9.66. The van der Waals surface area contributed by atoms with E-state index in [-0.39, 0.29) is 0 Å². The summed E-state index contributed by atoms with van der Waals surface area (Å²) in [6.07, 6.45) is 0. The van der Waals surface area contributed by atoms with Gasteiger partial charge in [0.15, 0.2) is 0 Å². The van der Waals surface area contributed by atoms with E-state index in [4.69, 9.17) is 5.26 Å². The number of benzene rings is 1. The Morgan fingerprint density at radius 2 is 1.94 bits per heavy atom. The van der Waals surface area contributed by atoms with Gasteiger partial charge in [0.25, 0.3) is 0 Å². The maximum atomic E-state index is 8.71. The SMILES string of the molecule is CN(C)c1nc(-c2ccc(C#N)cc2)c[se]1. The Balaban J connectivity index is 2.32. The molecule has 0 saturated carbocycles. The van der Waals surface area contributed by atoms with Crippen LogP contribution in [-0.2, 0) is 0 Å². The van der Waals surface area contributed by atoms with Crippen LogP contribution >= 0.6 is 0 Å². The number of rotatable bonds is 2. The van der Waals surface area contributed by atoms with Gasteiger partial charge < -0.3 is 0 Å². The third-order valence-corrected chi connectivity index (χ3v) is 4.30. The van der Waals surface area contributed by atoms with Crippen LogP contribution in [0.25, 0.3) is 11.3 Å². The van der Waals surface area contributed by atoms with E-state index in [2.05, 4.69) is 16.0 Å². The number of hydrogen-bond acceptors (Lipinski definition) is 3. The molecule has 4 heteroatoms. The van der Waals surface area contributed by atoms with Gasteiger partial charge in [-0.05, 0) is 0 Å². The predicted molar refractivity (Wildman–Crippen MR) is 65.7 cm³/mol. The standard InChI is InChI=1S/C12H11N3Se/c1-15(2)12-14-11(8-16-12)10-5-3-9(7-13)4-6-10/h3-6,8H,1-2H3. The van der Waals surface area contributed by atoms with Crippen molar-refractivity contribution in [2.24, 2.45) is 0 Å². The molecule has 0 unspecified atom stereocenters. The topological polar surface area (TPSA) is 39.9 Å². The van der Waals surface area contributed by atoms with Gasteiger partial charge in [-0.2, -0.15) is 0 Å². The molecule has 0 saturated heterocycles. The first kappa shape index (κ1) is 10.9. The first-order valence-electron chi connectivity index (χ1n) is 4.84. The summed E-state index contributed by atoms with van der Waals surface area (Å²) >= 11 is 0.326. The molecule has 2 rings (SSSR count). The van der Waals surface area contributed by atoms with Crippen LogP contribution in [0.5, 0.6) is 0 Å². The molecule has 1 aromatic heterocycles. The van der Waals surface area contributed by atoms with E-state index in [1.807, 2.05) is 43.3 Å². The molecule has 3 nitrogen and oxygen atoms in total. The van der Waals surface area contributed by atoms with Crippen LogP contribution < -0.4 is 4.90 Å². The maximum absolute atomic E-state index is 8.71. The van der Waals surface area contributed by atoms with Gasteiger partial charge in [-0.15, -0.1) is 0 Å². The first-order chi connectivity index (χ1) is 7.70. The van der Waals surface area contributed by atoms with E-state index in [0.29, 0.717) is 20.1 Å². The second kappa shape index (κ2) is 4.52. The minimum atomic E-state index is 0.326. The summed E-state index contributed by atoms with van der Waals surface area (Å²) in [5.74, 6) is 0.